The SMILES string of the molecule is CCOC(=O)CNC(=O)[C@H]1N[C@@H](CC(=O)N[C@@H](Cc2ccccc2)C(=O)OC)C(=O)O[C@H]([C@H](O)CO)[C@H]1O. The Morgan fingerprint density at radius 3 is 2.47 bits per heavy atom. The van der Waals surface area contributed by atoms with Crippen LogP contribution in [0.4, 0.5) is 0 Å². The van der Waals surface area contributed by atoms with E-state index in [2.05, 4.69) is 16.0 Å². The van der Waals surface area contributed by atoms with E-state index in [1.54, 1.807) is 37.3 Å². The van der Waals surface area contributed by atoms with E-state index in [0.717, 1.165) is 12.7 Å². The summed E-state index contributed by atoms with van der Waals surface area (Å²) >= 11 is 0. The van der Waals surface area contributed by atoms with Crippen LogP contribution in [0.3, 0.4) is 0 Å². The van der Waals surface area contributed by atoms with E-state index in [4.69, 9.17) is 14.2 Å². The normalized spacial score (nSPS) is 22.7. The number of rotatable bonds is 12. The number of methoxy groups -OCH3 is 1. The third-order valence-corrected chi connectivity index (χ3v) is 5.65. The molecule has 0 aromatic heterocycles. The third kappa shape index (κ3) is 8.76. The van der Waals surface area contributed by atoms with Crippen LogP contribution in [-0.2, 0) is 44.6 Å². The minimum Gasteiger partial charge on any atom is -0.467 e. The number of ether oxygens (including phenoxy) is 3. The lowest BCUT2D eigenvalue weighted by Gasteiger charge is -2.28. The van der Waals surface area contributed by atoms with E-state index in [1.807, 2.05) is 0 Å². The molecule has 210 valence electrons. The Kier molecular flexibility index (Phi) is 12.1. The van der Waals surface area contributed by atoms with E-state index in [9.17, 15) is 39.3 Å². The van der Waals surface area contributed by atoms with Crippen molar-refractivity contribution in [3.8, 4) is 0 Å². The van der Waals surface area contributed by atoms with Crippen LogP contribution in [0, 0.1) is 0 Å². The lowest BCUT2D eigenvalue weighted by Crippen LogP contribution is -2.58. The standard InChI is InChI=1S/C24H33N3O11/c1-3-37-18(31)11-25-22(33)19-20(32)21(16(29)12-28)38-24(35)15(27-19)10-17(30)26-14(23(34)36-2)9-13-7-5-4-6-8-13/h4-8,14-16,19-21,27-29,32H,3,9-12H2,1-2H3,(H,25,33)(H,26,30)/t14-,15-,16+,19-,20-,21+/m0/s1. The van der Waals surface area contributed by atoms with Crippen molar-refractivity contribution in [3.05, 3.63) is 35.9 Å². The summed E-state index contributed by atoms with van der Waals surface area (Å²) in [6.45, 7) is 0.184. The van der Waals surface area contributed by atoms with Gasteiger partial charge in [0.2, 0.25) is 11.8 Å². The number of aliphatic hydroxyl groups excluding tert-OH is 3. The lowest BCUT2D eigenvalue weighted by atomic mass is 10.00. The van der Waals surface area contributed by atoms with Gasteiger partial charge in [-0.15, -0.1) is 0 Å². The zero-order valence-corrected chi connectivity index (χ0v) is 21.0. The summed E-state index contributed by atoms with van der Waals surface area (Å²) in [7, 11) is 1.16. The first kappa shape index (κ1) is 30.6. The highest BCUT2D eigenvalue weighted by atomic mass is 16.6. The highest BCUT2D eigenvalue weighted by Gasteiger charge is 2.45. The molecule has 1 aromatic rings. The first-order chi connectivity index (χ1) is 18.1. The molecule has 1 fully saturated rings. The molecule has 14 heteroatoms. The number of nitrogens with one attached hydrogen (secondary N) is 3. The zero-order chi connectivity index (χ0) is 28.2. The van der Waals surface area contributed by atoms with Crippen LogP contribution in [0.2, 0.25) is 0 Å². The minimum atomic E-state index is -1.86. The third-order valence-electron chi connectivity index (χ3n) is 5.65. The Balaban J connectivity index is 2.19. The molecule has 38 heavy (non-hydrogen) atoms. The molecule has 0 spiro atoms. The summed E-state index contributed by atoms with van der Waals surface area (Å²) in [5.74, 6) is -4.33. The van der Waals surface area contributed by atoms with Gasteiger partial charge >= 0.3 is 17.9 Å². The van der Waals surface area contributed by atoms with Crippen LogP contribution in [0.25, 0.3) is 0 Å². The van der Waals surface area contributed by atoms with Gasteiger partial charge in [0.05, 0.1) is 26.7 Å². The quantitative estimate of drug-likeness (QED) is 0.115. The average Bonchev–Trinajstić information content (AvgIpc) is 3.03. The molecule has 1 aromatic carbocycles. The van der Waals surface area contributed by atoms with Crippen LogP contribution in [0.1, 0.15) is 18.9 Å². The molecule has 6 N–H and O–H groups in total. The van der Waals surface area contributed by atoms with Crippen molar-refractivity contribution >= 4 is 29.7 Å². The van der Waals surface area contributed by atoms with Gasteiger partial charge in [0.1, 0.15) is 36.9 Å². The molecule has 1 heterocycles. The fourth-order valence-electron chi connectivity index (χ4n) is 3.75. The van der Waals surface area contributed by atoms with E-state index >= 15 is 0 Å². The van der Waals surface area contributed by atoms with Gasteiger partial charge < -0.3 is 40.2 Å². The molecule has 0 saturated carbocycles. The number of hydrogen-bond acceptors (Lipinski definition) is 12. The second kappa shape index (κ2) is 15.0. The number of esters is 3. The van der Waals surface area contributed by atoms with Gasteiger partial charge in [0.15, 0.2) is 6.10 Å². The summed E-state index contributed by atoms with van der Waals surface area (Å²) in [6.07, 6.45) is -5.87. The van der Waals surface area contributed by atoms with E-state index in [0.29, 0.717) is 0 Å². The van der Waals surface area contributed by atoms with Crippen LogP contribution in [0.15, 0.2) is 30.3 Å². The van der Waals surface area contributed by atoms with Crippen LogP contribution in [-0.4, -0.2) is 108 Å². The van der Waals surface area contributed by atoms with Gasteiger partial charge in [-0.05, 0) is 12.5 Å². The van der Waals surface area contributed by atoms with Crippen molar-refractivity contribution in [2.75, 3.05) is 26.9 Å². The summed E-state index contributed by atoms with van der Waals surface area (Å²) in [6, 6.07) is 4.57. The lowest BCUT2D eigenvalue weighted by molar-refractivity contribution is -0.166. The largest absolute Gasteiger partial charge is 0.467 e. The molecule has 1 aliphatic rings. The number of cyclic esters (lactones) is 1. The number of amides is 2. The second-order valence-electron chi connectivity index (χ2n) is 8.40. The molecule has 1 aliphatic heterocycles. The van der Waals surface area contributed by atoms with Gasteiger partial charge in [0.25, 0.3) is 0 Å². The Morgan fingerprint density at radius 2 is 1.87 bits per heavy atom. The molecule has 2 amide bonds. The summed E-state index contributed by atoms with van der Waals surface area (Å²) in [4.78, 5) is 62.2. The maximum atomic E-state index is 12.8. The molecular weight excluding hydrogens is 506 g/mol. The van der Waals surface area contributed by atoms with Crippen molar-refractivity contribution in [3.63, 3.8) is 0 Å². The second-order valence-corrected chi connectivity index (χ2v) is 8.40. The summed E-state index contributed by atoms with van der Waals surface area (Å²) in [5, 5.41) is 37.3. The molecule has 0 unspecified atom stereocenters. The Morgan fingerprint density at radius 1 is 1.18 bits per heavy atom. The Labute approximate surface area is 218 Å². The van der Waals surface area contributed by atoms with Crippen LogP contribution < -0.4 is 16.0 Å². The maximum Gasteiger partial charge on any atom is 0.328 e. The summed E-state index contributed by atoms with van der Waals surface area (Å²) < 4.78 is 14.6. The number of carbonyl (C=O) groups excluding carboxylic acids is 5. The van der Waals surface area contributed by atoms with Crippen molar-refractivity contribution in [1.82, 2.24) is 16.0 Å². The fourth-order valence-corrected chi connectivity index (χ4v) is 3.75. The Bertz CT molecular complexity index is 975. The predicted molar refractivity (Wildman–Crippen MR) is 128 cm³/mol. The first-order valence-corrected chi connectivity index (χ1v) is 11.9. The van der Waals surface area contributed by atoms with Crippen molar-refractivity contribution in [1.29, 1.82) is 0 Å². The zero-order valence-electron chi connectivity index (χ0n) is 21.0. The highest BCUT2D eigenvalue weighted by molar-refractivity contribution is 5.91. The predicted octanol–water partition coefficient (Wildman–Crippen LogP) is -3.08. The van der Waals surface area contributed by atoms with Crippen molar-refractivity contribution in [2.45, 2.75) is 56.2 Å². The maximum absolute atomic E-state index is 12.8. The van der Waals surface area contributed by atoms with Gasteiger partial charge in [-0.3, -0.25) is 24.5 Å². The minimum absolute atomic E-state index is 0.0696. The summed E-state index contributed by atoms with van der Waals surface area (Å²) in [5.41, 5.74) is 0.734. The van der Waals surface area contributed by atoms with Crippen LogP contribution in [0.5, 0.6) is 0 Å². The average molecular weight is 540 g/mol. The van der Waals surface area contributed by atoms with Crippen molar-refractivity contribution < 1.29 is 53.5 Å². The molecule has 14 nitrogen and oxygen atoms in total. The van der Waals surface area contributed by atoms with Crippen LogP contribution >= 0.6 is 0 Å². The molecular formula is C24H33N3O11. The Hall–Kier alpha value is -3.59. The van der Waals surface area contributed by atoms with E-state index < -0.39 is 85.7 Å². The topological polar surface area (TPSA) is 210 Å². The van der Waals surface area contributed by atoms with Crippen molar-refractivity contribution in [2.24, 2.45) is 0 Å². The van der Waals surface area contributed by atoms with Gasteiger partial charge in [0, 0.05) is 6.42 Å². The highest BCUT2D eigenvalue weighted by Crippen LogP contribution is 2.17. The molecule has 6 atom stereocenters. The number of benzene rings is 1. The number of hydrogen-bond donors (Lipinski definition) is 6. The monoisotopic (exact) mass is 539 g/mol. The van der Waals surface area contributed by atoms with Gasteiger partial charge in [-0.2, -0.15) is 0 Å². The van der Waals surface area contributed by atoms with E-state index in [1.165, 1.54) is 0 Å². The van der Waals surface area contributed by atoms with E-state index in [-0.39, 0.29) is 13.0 Å². The van der Waals surface area contributed by atoms with Gasteiger partial charge in [-0.1, -0.05) is 30.3 Å². The van der Waals surface area contributed by atoms with Gasteiger partial charge in [-0.25, -0.2) is 4.79 Å². The first-order valence-electron chi connectivity index (χ1n) is 11.9. The number of aliphatic hydroxyl groups is 3. The molecule has 2 rings (SSSR count). The molecule has 1 saturated heterocycles. The molecule has 0 bridgehead atoms. The fraction of sp³-hybridized carbons (Fsp3) is 0.542. The molecule has 0 radical (unpaired) electrons. The number of carbonyl (C=O) groups is 5. The molecule has 0 aliphatic carbocycles. The smallest absolute Gasteiger partial charge is 0.328 e.